The Bertz CT molecular complexity index is 213. The Morgan fingerprint density at radius 2 is 2.00 bits per heavy atom. The first-order valence-electron chi connectivity index (χ1n) is 6.28. The molecule has 0 aromatic heterocycles. The number of carbonyl (C=O) groups excluding carboxylic acids is 1. The van der Waals surface area contributed by atoms with Crippen LogP contribution in [0.1, 0.15) is 53.4 Å². The molecule has 0 aliphatic carbocycles. The number of ketones is 1. The highest BCUT2D eigenvalue weighted by molar-refractivity contribution is 5.79. The molecule has 0 saturated carbocycles. The molecular weight excluding hydrogens is 186 g/mol. The van der Waals surface area contributed by atoms with E-state index in [1.54, 1.807) is 0 Å². The number of likely N-dealkylation sites (tertiary alicyclic amines) is 1. The molecule has 0 aromatic carbocycles. The molecule has 15 heavy (non-hydrogen) atoms. The lowest BCUT2D eigenvalue weighted by molar-refractivity contribution is -0.123. The van der Waals surface area contributed by atoms with Crippen molar-refractivity contribution >= 4 is 5.78 Å². The van der Waals surface area contributed by atoms with Crippen LogP contribution in [0.25, 0.3) is 0 Å². The molecule has 0 spiro atoms. The van der Waals surface area contributed by atoms with E-state index in [1.807, 2.05) is 0 Å². The summed E-state index contributed by atoms with van der Waals surface area (Å²) in [6.07, 6.45) is 4.07. The van der Waals surface area contributed by atoms with Crippen LogP contribution in [0.5, 0.6) is 0 Å². The van der Waals surface area contributed by atoms with Crippen molar-refractivity contribution in [1.82, 2.24) is 4.90 Å². The third kappa shape index (κ3) is 3.94. The lowest BCUT2D eigenvalue weighted by Gasteiger charge is -2.37. The van der Waals surface area contributed by atoms with Gasteiger partial charge in [-0.05, 0) is 32.6 Å². The van der Waals surface area contributed by atoms with Crippen molar-refractivity contribution < 1.29 is 4.79 Å². The van der Waals surface area contributed by atoms with Crippen molar-refractivity contribution in [3.8, 4) is 0 Å². The Kier molecular flexibility index (Phi) is 4.78. The number of hydrogen-bond acceptors (Lipinski definition) is 2. The minimum absolute atomic E-state index is 0.440. The topological polar surface area (TPSA) is 20.3 Å². The van der Waals surface area contributed by atoms with Crippen molar-refractivity contribution in [2.45, 2.75) is 65.5 Å². The SMILES string of the molecule is CC(C)CCC(C)N1CCC(=O)CC1C. The Morgan fingerprint density at radius 3 is 2.53 bits per heavy atom. The van der Waals surface area contributed by atoms with E-state index in [2.05, 4.69) is 32.6 Å². The summed E-state index contributed by atoms with van der Waals surface area (Å²) in [5.74, 6) is 1.23. The van der Waals surface area contributed by atoms with E-state index in [-0.39, 0.29) is 0 Å². The second-order valence-corrected chi connectivity index (χ2v) is 5.40. The maximum atomic E-state index is 11.3. The number of nitrogens with zero attached hydrogens (tertiary/aromatic N) is 1. The van der Waals surface area contributed by atoms with Crippen LogP contribution < -0.4 is 0 Å². The first-order valence-corrected chi connectivity index (χ1v) is 6.28. The molecule has 1 aliphatic rings. The molecule has 2 atom stereocenters. The second-order valence-electron chi connectivity index (χ2n) is 5.40. The summed E-state index contributed by atoms with van der Waals surface area (Å²) in [5.41, 5.74) is 0. The van der Waals surface area contributed by atoms with Gasteiger partial charge in [-0.15, -0.1) is 0 Å². The lowest BCUT2D eigenvalue weighted by Crippen LogP contribution is -2.46. The number of rotatable bonds is 4. The predicted octanol–water partition coefficient (Wildman–Crippen LogP) is 2.86. The van der Waals surface area contributed by atoms with E-state index in [0.29, 0.717) is 17.9 Å². The summed E-state index contributed by atoms with van der Waals surface area (Å²) in [5, 5.41) is 0. The number of carbonyl (C=O) groups is 1. The molecule has 0 N–H and O–H groups in total. The number of hydrogen-bond donors (Lipinski definition) is 0. The van der Waals surface area contributed by atoms with Gasteiger partial charge in [0.25, 0.3) is 0 Å². The Morgan fingerprint density at radius 1 is 1.33 bits per heavy atom. The van der Waals surface area contributed by atoms with Gasteiger partial charge < -0.3 is 0 Å². The van der Waals surface area contributed by atoms with Gasteiger partial charge in [0.2, 0.25) is 0 Å². The van der Waals surface area contributed by atoms with Crippen LogP contribution in [-0.4, -0.2) is 29.3 Å². The maximum Gasteiger partial charge on any atom is 0.135 e. The van der Waals surface area contributed by atoms with E-state index < -0.39 is 0 Å². The van der Waals surface area contributed by atoms with E-state index in [4.69, 9.17) is 0 Å². The van der Waals surface area contributed by atoms with Crippen LogP contribution in [0.15, 0.2) is 0 Å². The monoisotopic (exact) mass is 211 g/mol. The second kappa shape index (κ2) is 5.64. The van der Waals surface area contributed by atoms with E-state index >= 15 is 0 Å². The highest BCUT2D eigenvalue weighted by Crippen LogP contribution is 2.20. The molecule has 2 heteroatoms. The quantitative estimate of drug-likeness (QED) is 0.712. The van der Waals surface area contributed by atoms with Crippen molar-refractivity contribution in [2.75, 3.05) is 6.54 Å². The fourth-order valence-corrected chi connectivity index (χ4v) is 2.42. The molecule has 1 rings (SSSR count). The van der Waals surface area contributed by atoms with Crippen LogP contribution in [-0.2, 0) is 4.79 Å². The zero-order chi connectivity index (χ0) is 11.4. The van der Waals surface area contributed by atoms with Gasteiger partial charge in [0, 0.05) is 31.5 Å². The molecule has 1 heterocycles. The molecule has 1 saturated heterocycles. The molecule has 1 aliphatic heterocycles. The number of piperidine rings is 1. The average Bonchev–Trinajstić information content (AvgIpc) is 2.14. The summed E-state index contributed by atoms with van der Waals surface area (Å²) in [7, 11) is 0. The minimum atomic E-state index is 0.440. The van der Waals surface area contributed by atoms with Crippen LogP contribution in [0, 0.1) is 5.92 Å². The Balaban J connectivity index is 2.38. The molecular formula is C13H25NO. The molecule has 2 nitrogen and oxygen atoms in total. The first-order chi connectivity index (χ1) is 7.00. The number of Topliss-reactive ketones (excluding diaryl/α,β-unsaturated/α-hetero) is 1. The first kappa shape index (κ1) is 12.7. The van der Waals surface area contributed by atoms with Gasteiger partial charge in [0.15, 0.2) is 0 Å². The van der Waals surface area contributed by atoms with Gasteiger partial charge >= 0.3 is 0 Å². The smallest absolute Gasteiger partial charge is 0.135 e. The normalized spacial score (nSPS) is 25.9. The Labute approximate surface area is 94.0 Å². The summed E-state index contributed by atoms with van der Waals surface area (Å²) >= 11 is 0. The minimum Gasteiger partial charge on any atom is -0.300 e. The van der Waals surface area contributed by atoms with Crippen LogP contribution in [0.3, 0.4) is 0 Å². The van der Waals surface area contributed by atoms with Crippen molar-refractivity contribution in [2.24, 2.45) is 5.92 Å². The van der Waals surface area contributed by atoms with Crippen LogP contribution >= 0.6 is 0 Å². The largest absolute Gasteiger partial charge is 0.300 e. The van der Waals surface area contributed by atoms with Gasteiger partial charge in [-0.3, -0.25) is 9.69 Å². The third-order valence-electron chi connectivity index (χ3n) is 3.47. The Hall–Kier alpha value is -0.370. The molecule has 0 radical (unpaired) electrons. The molecule has 0 aromatic rings. The highest BCUT2D eigenvalue weighted by atomic mass is 16.1. The summed E-state index contributed by atoms with van der Waals surface area (Å²) in [6.45, 7) is 10.0. The van der Waals surface area contributed by atoms with Crippen molar-refractivity contribution in [1.29, 1.82) is 0 Å². The summed E-state index contributed by atoms with van der Waals surface area (Å²) < 4.78 is 0. The molecule has 0 bridgehead atoms. The van der Waals surface area contributed by atoms with Gasteiger partial charge in [-0.25, -0.2) is 0 Å². The van der Waals surface area contributed by atoms with Gasteiger partial charge in [0.05, 0.1) is 0 Å². The van der Waals surface area contributed by atoms with Gasteiger partial charge in [0.1, 0.15) is 5.78 Å². The zero-order valence-electron chi connectivity index (χ0n) is 10.6. The molecule has 2 unspecified atom stereocenters. The fraction of sp³-hybridized carbons (Fsp3) is 0.923. The third-order valence-corrected chi connectivity index (χ3v) is 3.47. The fourth-order valence-electron chi connectivity index (χ4n) is 2.42. The van der Waals surface area contributed by atoms with Crippen molar-refractivity contribution in [3.05, 3.63) is 0 Å². The summed E-state index contributed by atoms with van der Waals surface area (Å²) in [6, 6.07) is 1.09. The van der Waals surface area contributed by atoms with Gasteiger partial charge in [-0.1, -0.05) is 13.8 Å². The highest BCUT2D eigenvalue weighted by Gasteiger charge is 2.26. The lowest BCUT2D eigenvalue weighted by atomic mass is 9.97. The van der Waals surface area contributed by atoms with Crippen LogP contribution in [0.4, 0.5) is 0 Å². The molecule has 1 fully saturated rings. The van der Waals surface area contributed by atoms with Crippen molar-refractivity contribution in [3.63, 3.8) is 0 Å². The predicted molar refractivity (Wildman–Crippen MR) is 63.9 cm³/mol. The zero-order valence-corrected chi connectivity index (χ0v) is 10.6. The average molecular weight is 211 g/mol. The molecule has 88 valence electrons. The standard InChI is InChI=1S/C13H25NO/c1-10(2)5-6-11(3)14-8-7-13(15)9-12(14)4/h10-12H,5-9H2,1-4H3. The summed E-state index contributed by atoms with van der Waals surface area (Å²) in [4.78, 5) is 13.8. The van der Waals surface area contributed by atoms with Crippen LogP contribution in [0.2, 0.25) is 0 Å². The van der Waals surface area contributed by atoms with Gasteiger partial charge in [-0.2, -0.15) is 0 Å². The maximum absolute atomic E-state index is 11.3. The molecule has 0 amide bonds. The van der Waals surface area contributed by atoms with E-state index in [0.717, 1.165) is 25.3 Å². The van der Waals surface area contributed by atoms with E-state index in [9.17, 15) is 4.79 Å². The van der Waals surface area contributed by atoms with E-state index in [1.165, 1.54) is 12.8 Å².